The maximum atomic E-state index is 13.2. The molecule has 1 aliphatic rings. The average molecular weight is 497 g/mol. The second kappa shape index (κ2) is 11.0. The fraction of sp³-hybridized carbons (Fsp3) is 0.346. The number of aliphatic hydroxyl groups excluding tert-OH is 1. The summed E-state index contributed by atoms with van der Waals surface area (Å²) in [5.41, 5.74) is -1.38. The minimum Gasteiger partial charge on any atom is -0.467 e. The highest BCUT2D eigenvalue weighted by molar-refractivity contribution is 5.81. The van der Waals surface area contributed by atoms with Crippen molar-refractivity contribution in [2.24, 2.45) is 0 Å². The van der Waals surface area contributed by atoms with Gasteiger partial charge in [-0.2, -0.15) is 0 Å². The number of aromatic nitrogens is 2. The summed E-state index contributed by atoms with van der Waals surface area (Å²) in [6.45, 7) is 1.40. The van der Waals surface area contributed by atoms with Crippen LogP contribution >= 0.6 is 0 Å². The van der Waals surface area contributed by atoms with E-state index in [1.165, 1.54) is 20.2 Å². The van der Waals surface area contributed by atoms with E-state index in [0.29, 0.717) is 0 Å². The molecule has 190 valence electrons. The largest absolute Gasteiger partial charge is 0.467 e. The molecule has 0 unspecified atom stereocenters. The van der Waals surface area contributed by atoms with Crippen LogP contribution in [0.5, 0.6) is 0 Å². The van der Waals surface area contributed by atoms with Crippen LogP contribution in [0.2, 0.25) is 0 Å². The normalized spacial score (nSPS) is 23.5. The first-order valence-electron chi connectivity index (χ1n) is 11.4. The van der Waals surface area contributed by atoms with E-state index in [1.807, 2.05) is 60.7 Å². The van der Waals surface area contributed by atoms with Crippen molar-refractivity contribution >= 4 is 5.97 Å². The van der Waals surface area contributed by atoms with Crippen LogP contribution < -0.4 is 11.2 Å². The van der Waals surface area contributed by atoms with Gasteiger partial charge in [0.15, 0.2) is 6.23 Å². The zero-order chi connectivity index (χ0) is 25.7. The van der Waals surface area contributed by atoms with Crippen molar-refractivity contribution in [3.05, 3.63) is 104 Å². The molecule has 0 amide bonds. The molecule has 0 bridgehead atoms. The van der Waals surface area contributed by atoms with Crippen LogP contribution in [-0.2, 0) is 37.0 Å². The summed E-state index contributed by atoms with van der Waals surface area (Å²) in [7, 11) is 1.19. The van der Waals surface area contributed by atoms with Gasteiger partial charge in [0.1, 0.15) is 12.2 Å². The maximum absolute atomic E-state index is 13.2. The molecule has 0 saturated carbocycles. The summed E-state index contributed by atoms with van der Waals surface area (Å²) in [4.78, 5) is 39.8. The Morgan fingerprint density at radius 3 is 2.28 bits per heavy atom. The molecule has 0 aliphatic carbocycles. The number of aliphatic hydroxyl groups is 1. The van der Waals surface area contributed by atoms with Gasteiger partial charge >= 0.3 is 11.7 Å². The van der Waals surface area contributed by atoms with Crippen LogP contribution in [0.3, 0.4) is 0 Å². The van der Waals surface area contributed by atoms with Gasteiger partial charge in [0.2, 0.25) is 5.60 Å². The summed E-state index contributed by atoms with van der Waals surface area (Å²) >= 11 is 0. The SMILES string of the molecule is COC(=O)[C@]1(COCc2ccccc2)O[C@@H](n2cc(C)c(=O)[nH]c2=O)[C@H](O)[C@@H]1OCc1ccccc1. The first-order valence-corrected chi connectivity index (χ1v) is 11.4. The van der Waals surface area contributed by atoms with Crippen molar-refractivity contribution < 1.29 is 28.8 Å². The van der Waals surface area contributed by atoms with Crippen LogP contribution in [0.15, 0.2) is 76.4 Å². The van der Waals surface area contributed by atoms with E-state index < -0.39 is 41.3 Å². The summed E-state index contributed by atoms with van der Waals surface area (Å²) in [6, 6.07) is 18.5. The van der Waals surface area contributed by atoms with Crippen molar-refractivity contribution in [2.45, 2.75) is 44.2 Å². The van der Waals surface area contributed by atoms with Crippen molar-refractivity contribution in [2.75, 3.05) is 13.7 Å². The predicted molar refractivity (Wildman–Crippen MR) is 128 cm³/mol. The fourth-order valence-electron chi connectivity index (χ4n) is 4.17. The second-order valence-electron chi connectivity index (χ2n) is 8.55. The molecule has 2 heterocycles. The molecule has 10 nitrogen and oxygen atoms in total. The van der Waals surface area contributed by atoms with Crippen molar-refractivity contribution in [3.63, 3.8) is 0 Å². The number of methoxy groups -OCH3 is 1. The number of carbonyl (C=O) groups is 1. The van der Waals surface area contributed by atoms with Gasteiger partial charge < -0.3 is 24.1 Å². The number of benzene rings is 2. The smallest absolute Gasteiger partial charge is 0.343 e. The van der Waals surface area contributed by atoms with Gasteiger partial charge in [-0.15, -0.1) is 0 Å². The number of carbonyl (C=O) groups excluding carboxylic acids is 1. The first-order chi connectivity index (χ1) is 17.4. The molecular weight excluding hydrogens is 468 g/mol. The lowest BCUT2D eigenvalue weighted by Gasteiger charge is -2.31. The number of aryl methyl sites for hydroxylation is 1. The monoisotopic (exact) mass is 496 g/mol. The molecule has 4 rings (SSSR count). The highest BCUT2D eigenvalue weighted by atomic mass is 16.6. The van der Waals surface area contributed by atoms with E-state index in [4.69, 9.17) is 18.9 Å². The standard InChI is InChI=1S/C26H28N2O8/c1-17-13-28(25(32)27-22(17)30)23-20(29)21(35-15-19-11-7-4-8-12-19)26(36-23,24(31)33-2)16-34-14-18-9-5-3-6-10-18/h3-13,20-21,23,29H,14-16H2,1-2H3,(H,27,30,32)/t20-,21+,23-,26-/m1/s1. The van der Waals surface area contributed by atoms with Crippen LogP contribution in [0.1, 0.15) is 22.9 Å². The molecule has 1 aliphatic heterocycles. The van der Waals surface area contributed by atoms with E-state index in [1.54, 1.807) is 0 Å². The lowest BCUT2D eigenvalue weighted by molar-refractivity contribution is -0.197. The summed E-state index contributed by atoms with van der Waals surface area (Å²) in [5, 5.41) is 11.3. The van der Waals surface area contributed by atoms with Gasteiger partial charge in [0.05, 0.1) is 26.9 Å². The lowest BCUT2D eigenvalue weighted by Crippen LogP contribution is -2.55. The zero-order valence-corrected chi connectivity index (χ0v) is 20.0. The molecule has 1 fully saturated rings. The molecule has 0 radical (unpaired) electrons. The Kier molecular flexibility index (Phi) is 7.80. The number of ether oxygens (including phenoxy) is 4. The number of nitrogens with zero attached hydrogens (tertiary/aromatic N) is 1. The Balaban J connectivity index is 1.69. The second-order valence-corrected chi connectivity index (χ2v) is 8.55. The third kappa shape index (κ3) is 5.17. The van der Waals surface area contributed by atoms with E-state index in [9.17, 15) is 19.5 Å². The molecule has 3 aromatic rings. The maximum Gasteiger partial charge on any atom is 0.343 e. The Morgan fingerprint density at radius 1 is 1.06 bits per heavy atom. The van der Waals surface area contributed by atoms with Gasteiger partial charge in [-0.25, -0.2) is 9.59 Å². The summed E-state index contributed by atoms with van der Waals surface area (Å²) < 4.78 is 24.1. The molecule has 2 N–H and O–H groups in total. The lowest BCUT2D eigenvalue weighted by atomic mass is 9.95. The Morgan fingerprint density at radius 2 is 1.67 bits per heavy atom. The van der Waals surface area contributed by atoms with Gasteiger partial charge in [0.25, 0.3) is 5.56 Å². The zero-order valence-electron chi connectivity index (χ0n) is 20.0. The first kappa shape index (κ1) is 25.5. The van der Waals surface area contributed by atoms with Crippen LogP contribution in [0, 0.1) is 6.92 Å². The number of hydrogen-bond acceptors (Lipinski definition) is 8. The summed E-state index contributed by atoms with van der Waals surface area (Å²) in [6.07, 6.45) is -2.82. The van der Waals surface area contributed by atoms with Crippen molar-refractivity contribution in [1.29, 1.82) is 0 Å². The number of H-pyrrole nitrogens is 1. The minimum atomic E-state index is -1.90. The molecule has 1 aromatic heterocycles. The molecule has 36 heavy (non-hydrogen) atoms. The number of esters is 1. The molecular formula is C26H28N2O8. The Labute approximate surface area is 207 Å². The van der Waals surface area contributed by atoms with Crippen LogP contribution in [0.4, 0.5) is 0 Å². The molecule has 1 saturated heterocycles. The van der Waals surface area contributed by atoms with Gasteiger partial charge in [0, 0.05) is 11.8 Å². The van der Waals surface area contributed by atoms with E-state index >= 15 is 0 Å². The number of aromatic amines is 1. The topological polar surface area (TPSA) is 129 Å². The van der Waals surface area contributed by atoms with Crippen LogP contribution in [0.25, 0.3) is 0 Å². The quantitative estimate of drug-likeness (QED) is 0.426. The predicted octanol–water partition coefficient (Wildman–Crippen LogP) is 1.45. The van der Waals surface area contributed by atoms with E-state index in [-0.39, 0.29) is 25.4 Å². The van der Waals surface area contributed by atoms with Gasteiger partial charge in [-0.1, -0.05) is 60.7 Å². The molecule has 4 atom stereocenters. The van der Waals surface area contributed by atoms with Crippen molar-refractivity contribution in [1.82, 2.24) is 9.55 Å². The van der Waals surface area contributed by atoms with E-state index in [0.717, 1.165) is 15.7 Å². The summed E-state index contributed by atoms with van der Waals surface area (Å²) in [5.74, 6) is -0.829. The third-order valence-electron chi connectivity index (χ3n) is 6.04. The fourth-order valence-corrected chi connectivity index (χ4v) is 4.17. The number of hydrogen-bond donors (Lipinski definition) is 2. The highest BCUT2D eigenvalue weighted by Gasteiger charge is 2.62. The highest BCUT2D eigenvalue weighted by Crippen LogP contribution is 2.40. The average Bonchev–Trinajstić information content (AvgIpc) is 3.17. The minimum absolute atomic E-state index is 0.0512. The van der Waals surface area contributed by atoms with Gasteiger partial charge in [-0.05, 0) is 18.1 Å². The van der Waals surface area contributed by atoms with E-state index in [2.05, 4.69) is 4.98 Å². The molecule has 0 spiro atoms. The third-order valence-corrected chi connectivity index (χ3v) is 6.04. The molecule has 10 heteroatoms. The van der Waals surface area contributed by atoms with Crippen molar-refractivity contribution in [3.8, 4) is 0 Å². The number of nitrogens with one attached hydrogen (secondary N) is 1. The van der Waals surface area contributed by atoms with Crippen LogP contribution in [-0.4, -0.2) is 52.2 Å². The Bertz CT molecular complexity index is 1290. The van der Waals surface area contributed by atoms with Gasteiger partial charge in [-0.3, -0.25) is 14.3 Å². The number of rotatable bonds is 9. The molecule has 2 aromatic carbocycles. The Hall–Kier alpha value is -3.57.